The third-order valence-corrected chi connectivity index (χ3v) is 5.07. The molecule has 126 valence electrons. The number of carbonyl (C=O) groups is 1. The molecular weight excluding hydrogens is 297 g/mol. The van der Waals surface area contributed by atoms with E-state index in [1.54, 1.807) is 13.0 Å². The number of methoxy groups -OCH3 is 1. The fourth-order valence-corrected chi connectivity index (χ4v) is 3.58. The summed E-state index contributed by atoms with van der Waals surface area (Å²) in [6.45, 7) is 3.58. The fraction of sp³-hybridized carbons (Fsp3) is 0.611. The summed E-state index contributed by atoms with van der Waals surface area (Å²) < 4.78 is 25.8. The molecule has 1 atom stereocenters. The van der Waals surface area contributed by atoms with Gasteiger partial charge in [-0.3, -0.25) is 4.79 Å². The third kappa shape index (κ3) is 3.20. The average Bonchev–Trinajstić information content (AvgIpc) is 2.58. The second-order valence-electron chi connectivity index (χ2n) is 6.69. The first-order valence-corrected chi connectivity index (χ1v) is 8.32. The Morgan fingerprint density at radius 3 is 2.83 bits per heavy atom. The number of benzene rings is 1. The molecule has 2 heterocycles. The lowest BCUT2D eigenvalue weighted by atomic mass is 9.83. The first-order chi connectivity index (χ1) is 11.0. The molecule has 1 aromatic carbocycles. The first kappa shape index (κ1) is 16.2. The van der Waals surface area contributed by atoms with E-state index in [9.17, 15) is 9.18 Å². The average molecular weight is 321 g/mol. The van der Waals surface area contributed by atoms with Crippen molar-refractivity contribution in [3.8, 4) is 5.75 Å². The smallest absolute Gasteiger partial charge is 0.308 e. The van der Waals surface area contributed by atoms with Crippen LogP contribution >= 0.6 is 0 Å². The van der Waals surface area contributed by atoms with Crippen LogP contribution in [0.5, 0.6) is 5.75 Å². The first-order valence-electron chi connectivity index (χ1n) is 8.32. The Labute approximate surface area is 136 Å². The number of hydrogen-bond donors (Lipinski definition) is 1. The van der Waals surface area contributed by atoms with Gasteiger partial charge < -0.3 is 14.8 Å². The Morgan fingerprint density at radius 2 is 2.13 bits per heavy atom. The van der Waals surface area contributed by atoms with E-state index in [2.05, 4.69) is 5.32 Å². The molecule has 0 bridgehead atoms. The highest BCUT2D eigenvalue weighted by molar-refractivity contribution is 5.72. The summed E-state index contributed by atoms with van der Waals surface area (Å²) in [4.78, 5) is 11.6. The Balaban J connectivity index is 1.84. The Morgan fingerprint density at radius 1 is 1.39 bits per heavy atom. The van der Waals surface area contributed by atoms with Crippen molar-refractivity contribution in [1.29, 1.82) is 0 Å². The lowest BCUT2D eigenvalue weighted by Gasteiger charge is -2.42. The van der Waals surface area contributed by atoms with Gasteiger partial charge in [0.25, 0.3) is 0 Å². The van der Waals surface area contributed by atoms with Gasteiger partial charge in [0, 0.05) is 0 Å². The molecule has 4 nitrogen and oxygen atoms in total. The molecule has 0 radical (unpaired) electrons. The SMILES string of the molecule is COC(=O)C(C)Cc1ccc2c(c1F)OC1(CCNCC1)CC2. The molecule has 23 heavy (non-hydrogen) atoms. The predicted octanol–water partition coefficient (Wildman–Crippen LogP) is 2.62. The number of nitrogens with one attached hydrogen (secondary N) is 1. The van der Waals surface area contributed by atoms with Gasteiger partial charge >= 0.3 is 5.97 Å². The van der Waals surface area contributed by atoms with Crippen molar-refractivity contribution >= 4 is 5.97 Å². The van der Waals surface area contributed by atoms with Crippen molar-refractivity contribution in [2.75, 3.05) is 20.2 Å². The standard InChI is InChI=1S/C18H24FNO3/c1-12(17(21)22-2)11-14-4-3-13-5-6-18(7-9-20-10-8-18)23-16(13)15(14)19/h3-4,12,20H,5-11H2,1-2H3. The normalized spacial score (nSPS) is 20.5. The predicted molar refractivity (Wildman–Crippen MR) is 85.1 cm³/mol. The Hall–Kier alpha value is -1.62. The number of halogens is 1. The summed E-state index contributed by atoms with van der Waals surface area (Å²) in [7, 11) is 1.35. The lowest BCUT2D eigenvalue weighted by molar-refractivity contribution is -0.144. The van der Waals surface area contributed by atoms with Gasteiger partial charge in [-0.2, -0.15) is 0 Å². The molecule has 1 saturated heterocycles. The highest BCUT2D eigenvalue weighted by atomic mass is 19.1. The number of carbonyl (C=O) groups excluding carboxylic acids is 1. The second-order valence-corrected chi connectivity index (χ2v) is 6.69. The maximum absolute atomic E-state index is 14.9. The molecule has 0 amide bonds. The van der Waals surface area contributed by atoms with Crippen LogP contribution in [0.4, 0.5) is 4.39 Å². The van der Waals surface area contributed by atoms with Gasteiger partial charge in [-0.25, -0.2) is 4.39 Å². The number of aryl methyl sites for hydroxylation is 1. The quantitative estimate of drug-likeness (QED) is 0.870. The number of hydrogen-bond acceptors (Lipinski definition) is 4. The van der Waals surface area contributed by atoms with Crippen molar-refractivity contribution in [3.63, 3.8) is 0 Å². The van der Waals surface area contributed by atoms with Gasteiger partial charge in [0.15, 0.2) is 11.6 Å². The van der Waals surface area contributed by atoms with Crippen LogP contribution in [0, 0.1) is 11.7 Å². The molecule has 1 unspecified atom stereocenters. The zero-order valence-corrected chi connectivity index (χ0v) is 13.8. The van der Waals surface area contributed by atoms with Crippen LogP contribution in [0.1, 0.15) is 37.3 Å². The summed E-state index contributed by atoms with van der Waals surface area (Å²) in [5.74, 6) is -0.606. The summed E-state index contributed by atoms with van der Waals surface area (Å²) >= 11 is 0. The van der Waals surface area contributed by atoms with Gasteiger partial charge in [-0.05, 0) is 56.3 Å². The summed E-state index contributed by atoms with van der Waals surface area (Å²) in [6, 6.07) is 3.71. The summed E-state index contributed by atoms with van der Waals surface area (Å²) in [6.07, 6.45) is 3.94. The van der Waals surface area contributed by atoms with E-state index in [1.165, 1.54) is 7.11 Å². The van der Waals surface area contributed by atoms with Gasteiger partial charge in [-0.15, -0.1) is 0 Å². The van der Waals surface area contributed by atoms with Crippen molar-refractivity contribution in [2.24, 2.45) is 5.92 Å². The van der Waals surface area contributed by atoms with E-state index >= 15 is 0 Å². The van der Waals surface area contributed by atoms with E-state index in [-0.39, 0.29) is 23.3 Å². The molecule has 1 spiro atoms. The van der Waals surface area contributed by atoms with Gasteiger partial charge in [-0.1, -0.05) is 19.1 Å². The monoisotopic (exact) mass is 321 g/mol. The Kier molecular flexibility index (Phi) is 4.57. The third-order valence-electron chi connectivity index (χ3n) is 5.07. The molecule has 2 aliphatic heterocycles. The van der Waals surface area contributed by atoms with Crippen LogP contribution in [-0.4, -0.2) is 31.8 Å². The van der Waals surface area contributed by atoms with E-state index in [4.69, 9.17) is 9.47 Å². The van der Waals surface area contributed by atoms with Crippen LogP contribution in [0.3, 0.4) is 0 Å². The maximum atomic E-state index is 14.9. The number of esters is 1. The summed E-state index contributed by atoms with van der Waals surface area (Å²) in [5, 5.41) is 3.33. The molecule has 2 aliphatic rings. The number of rotatable bonds is 3. The van der Waals surface area contributed by atoms with Crippen molar-refractivity contribution < 1.29 is 18.7 Å². The topological polar surface area (TPSA) is 47.6 Å². The molecule has 5 heteroatoms. The van der Waals surface area contributed by atoms with Crippen LogP contribution in [0.25, 0.3) is 0 Å². The lowest BCUT2D eigenvalue weighted by Crippen LogP contribution is -2.48. The highest BCUT2D eigenvalue weighted by Gasteiger charge is 2.39. The molecule has 0 saturated carbocycles. The van der Waals surface area contributed by atoms with E-state index in [0.29, 0.717) is 17.7 Å². The van der Waals surface area contributed by atoms with Crippen LogP contribution in [0.2, 0.25) is 0 Å². The largest absolute Gasteiger partial charge is 0.484 e. The van der Waals surface area contributed by atoms with Crippen molar-refractivity contribution in [1.82, 2.24) is 5.32 Å². The second kappa shape index (κ2) is 6.48. The molecule has 1 fully saturated rings. The van der Waals surface area contributed by atoms with Crippen molar-refractivity contribution in [2.45, 2.75) is 44.6 Å². The minimum absolute atomic E-state index is 0.230. The number of piperidine rings is 1. The van der Waals surface area contributed by atoms with Gasteiger partial charge in [0.2, 0.25) is 0 Å². The maximum Gasteiger partial charge on any atom is 0.308 e. The van der Waals surface area contributed by atoms with Crippen LogP contribution in [0.15, 0.2) is 12.1 Å². The molecule has 0 aliphatic carbocycles. The number of ether oxygens (including phenoxy) is 2. The van der Waals surface area contributed by atoms with Crippen LogP contribution in [-0.2, 0) is 22.4 Å². The van der Waals surface area contributed by atoms with Gasteiger partial charge in [0.05, 0.1) is 13.0 Å². The summed E-state index contributed by atoms with van der Waals surface area (Å²) in [5.41, 5.74) is 1.22. The molecule has 1 aromatic rings. The van der Waals surface area contributed by atoms with Crippen molar-refractivity contribution in [3.05, 3.63) is 29.1 Å². The van der Waals surface area contributed by atoms with E-state index < -0.39 is 0 Å². The minimum atomic E-state index is -0.371. The number of fused-ring (bicyclic) bond motifs is 1. The van der Waals surface area contributed by atoms with Gasteiger partial charge in [0.1, 0.15) is 5.60 Å². The van der Waals surface area contributed by atoms with Crippen LogP contribution < -0.4 is 10.1 Å². The van der Waals surface area contributed by atoms with E-state index in [0.717, 1.165) is 44.3 Å². The molecule has 0 aromatic heterocycles. The molecular formula is C18H24FNO3. The molecule has 1 N–H and O–H groups in total. The fourth-order valence-electron chi connectivity index (χ4n) is 3.58. The highest BCUT2D eigenvalue weighted by Crippen LogP contribution is 2.40. The zero-order valence-electron chi connectivity index (χ0n) is 13.8. The Bertz CT molecular complexity index is 596. The zero-order chi connectivity index (χ0) is 16.4. The molecule has 3 rings (SSSR count). The van der Waals surface area contributed by atoms with E-state index in [1.807, 2.05) is 6.07 Å². The minimum Gasteiger partial charge on any atom is -0.484 e.